The molecule has 1 aromatic rings. The average molecular weight is 266 g/mol. The third-order valence-corrected chi connectivity index (χ3v) is 3.54. The maximum Gasteiger partial charge on any atom is 0.331 e. The summed E-state index contributed by atoms with van der Waals surface area (Å²) >= 11 is 0. The van der Waals surface area contributed by atoms with Crippen molar-refractivity contribution in [3.05, 3.63) is 33.1 Å². The van der Waals surface area contributed by atoms with Crippen LogP contribution in [0.3, 0.4) is 0 Å². The summed E-state index contributed by atoms with van der Waals surface area (Å²) < 4.78 is 2.24. The molecule has 1 N–H and O–H groups in total. The Morgan fingerprint density at radius 2 is 2.26 bits per heavy atom. The summed E-state index contributed by atoms with van der Waals surface area (Å²) in [6, 6.07) is 1.46. The molecule has 7 heteroatoms. The van der Waals surface area contributed by atoms with Gasteiger partial charge in [0.25, 0.3) is 5.56 Å². The fourth-order valence-corrected chi connectivity index (χ4v) is 2.17. The van der Waals surface area contributed by atoms with Crippen LogP contribution in [0, 0.1) is 0 Å². The molecule has 1 amide bonds. The molecule has 1 saturated heterocycles. The Morgan fingerprint density at radius 3 is 2.89 bits per heavy atom. The number of carbonyl (C=O) groups is 1. The number of hydrogen-bond acceptors (Lipinski definition) is 4. The van der Waals surface area contributed by atoms with Crippen LogP contribution >= 0.6 is 0 Å². The highest BCUT2D eigenvalue weighted by molar-refractivity contribution is 5.76. The van der Waals surface area contributed by atoms with Crippen molar-refractivity contribution >= 4 is 5.91 Å². The third-order valence-electron chi connectivity index (χ3n) is 3.54. The molecule has 1 atom stereocenters. The number of nitrogens with one attached hydrogen (secondary N) is 1. The van der Waals surface area contributed by atoms with Crippen LogP contribution in [0.5, 0.6) is 0 Å². The van der Waals surface area contributed by atoms with Crippen molar-refractivity contribution in [1.82, 2.24) is 19.4 Å². The molecule has 0 aliphatic carbocycles. The van der Waals surface area contributed by atoms with E-state index in [1.165, 1.54) is 23.9 Å². The van der Waals surface area contributed by atoms with Crippen LogP contribution in [0.2, 0.25) is 0 Å². The minimum atomic E-state index is -0.473. The molecule has 2 rings (SSSR count). The maximum absolute atomic E-state index is 12.1. The molecule has 1 aromatic heterocycles. The van der Waals surface area contributed by atoms with Crippen molar-refractivity contribution in [3.8, 4) is 0 Å². The smallest absolute Gasteiger partial charge is 0.331 e. The topological polar surface area (TPSA) is 76.3 Å². The first-order valence-electron chi connectivity index (χ1n) is 6.23. The van der Waals surface area contributed by atoms with Crippen molar-refractivity contribution in [1.29, 1.82) is 0 Å². The monoisotopic (exact) mass is 266 g/mol. The summed E-state index contributed by atoms with van der Waals surface area (Å²) in [5, 5.41) is 3.19. The van der Waals surface area contributed by atoms with E-state index in [0.717, 1.165) is 24.1 Å². The highest BCUT2D eigenvalue weighted by Crippen LogP contribution is 2.06. The lowest BCUT2D eigenvalue weighted by Crippen LogP contribution is -2.44. The largest absolute Gasteiger partial charge is 0.340 e. The van der Waals surface area contributed by atoms with Gasteiger partial charge in [0.15, 0.2) is 0 Å². The molecular formula is C12H18N4O3. The Morgan fingerprint density at radius 1 is 1.53 bits per heavy atom. The summed E-state index contributed by atoms with van der Waals surface area (Å²) in [5.74, 6) is -0.130. The van der Waals surface area contributed by atoms with Crippen LogP contribution < -0.4 is 16.6 Å². The van der Waals surface area contributed by atoms with Crippen LogP contribution in [-0.2, 0) is 18.4 Å². The quantitative estimate of drug-likeness (QED) is 0.712. The number of likely N-dealkylation sites (N-methyl/N-ethyl adjacent to an activating group) is 1. The lowest BCUT2D eigenvalue weighted by atomic mass is 10.2. The van der Waals surface area contributed by atoms with Crippen molar-refractivity contribution in [2.75, 3.05) is 20.1 Å². The second kappa shape index (κ2) is 5.40. The van der Waals surface area contributed by atoms with Gasteiger partial charge in [-0.3, -0.25) is 18.7 Å². The van der Waals surface area contributed by atoms with Gasteiger partial charge in [0.2, 0.25) is 5.91 Å². The molecule has 0 radical (unpaired) electrons. The molecule has 1 fully saturated rings. The SMILES string of the molecule is CN(C(=O)Cn1ccc(=O)n(C)c1=O)[C@H]1CCNC1. The van der Waals surface area contributed by atoms with Crippen molar-refractivity contribution in [3.63, 3.8) is 0 Å². The number of carbonyl (C=O) groups excluding carboxylic acids is 1. The zero-order valence-electron chi connectivity index (χ0n) is 11.1. The van der Waals surface area contributed by atoms with Gasteiger partial charge in [0.05, 0.1) is 0 Å². The molecule has 0 aromatic carbocycles. The van der Waals surface area contributed by atoms with Gasteiger partial charge in [0.1, 0.15) is 6.54 Å². The van der Waals surface area contributed by atoms with Crippen molar-refractivity contribution < 1.29 is 4.79 Å². The number of amides is 1. The van der Waals surface area contributed by atoms with Gasteiger partial charge in [-0.15, -0.1) is 0 Å². The van der Waals surface area contributed by atoms with Crippen molar-refractivity contribution in [2.24, 2.45) is 7.05 Å². The van der Waals surface area contributed by atoms with E-state index in [2.05, 4.69) is 5.32 Å². The van der Waals surface area contributed by atoms with E-state index in [9.17, 15) is 14.4 Å². The van der Waals surface area contributed by atoms with Gasteiger partial charge < -0.3 is 10.2 Å². The first kappa shape index (κ1) is 13.5. The maximum atomic E-state index is 12.1. The predicted octanol–water partition coefficient (Wildman–Crippen LogP) is -1.63. The molecule has 7 nitrogen and oxygen atoms in total. The summed E-state index contributed by atoms with van der Waals surface area (Å²) in [5.41, 5.74) is -0.846. The minimum absolute atomic E-state index is 0.0417. The zero-order chi connectivity index (χ0) is 14.0. The molecule has 1 aliphatic heterocycles. The summed E-state index contributed by atoms with van der Waals surface area (Å²) in [6.45, 7) is 1.65. The van der Waals surface area contributed by atoms with E-state index in [1.807, 2.05) is 0 Å². The molecular weight excluding hydrogens is 248 g/mol. The van der Waals surface area contributed by atoms with Crippen molar-refractivity contribution in [2.45, 2.75) is 19.0 Å². The average Bonchev–Trinajstić information content (AvgIpc) is 2.92. The summed E-state index contributed by atoms with van der Waals surface area (Å²) in [7, 11) is 3.14. The highest BCUT2D eigenvalue weighted by atomic mass is 16.2. The van der Waals surface area contributed by atoms with Gasteiger partial charge in [-0.2, -0.15) is 0 Å². The van der Waals surface area contributed by atoms with Crippen LogP contribution in [0.25, 0.3) is 0 Å². The first-order chi connectivity index (χ1) is 9.00. The van der Waals surface area contributed by atoms with Gasteiger partial charge >= 0.3 is 5.69 Å². The molecule has 0 bridgehead atoms. The fraction of sp³-hybridized carbons (Fsp3) is 0.583. The van der Waals surface area contributed by atoms with Crippen LogP contribution in [-0.4, -0.2) is 46.1 Å². The number of rotatable bonds is 3. The molecule has 0 saturated carbocycles. The fourth-order valence-electron chi connectivity index (χ4n) is 2.17. The number of aromatic nitrogens is 2. The molecule has 0 unspecified atom stereocenters. The molecule has 1 aliphatic rings. The summed E-state index contributed by atoms with van der Waals surface area (Å²) in [6.07, 6.45) is 2.29. The first-order valence-corrected chi connectivity index (χ1v) is 6.23. The lowest BCUT2D eigenvalue weighted by molar-refractivity contribution is -0.132. The van der Waals surface area contributed by atoms with Gasteiger partial charge in [-0.25, -0.2) is 4.79 Å². The Bertz CT molecular complexity index is 583. The van der Waals surface area contributed by atoms with Crippen LogP contribution in [0.15, 0.2) is 21.9 Å². The normalized spacial score (nSPS) is 18.5. The van der Waals surface area contributed by atoms with Gasteiger partial charge in [0, 0.05) is 38.9 Å². The standard InChI is InChI=1S/C12H18N4O3/c1-14(9-3-5-13-7-9)11(18)8-16-6-4-10(17)15(2)12(16)19/h4,6,9,13H,3,5,7-8H2,1-2H3/t9-/m0/s1. The Hall–Kier alpha value is -1.89. The second-order valence-electron chi connectivity index (χ2n) is 4.77. The Labute approximate surface area is 110 Å². The van der Waals surface area contributed by atoms with Gasteiger partial charge in [-0.05, 0) is 13.0 Å². The van der Waals surface area contributed by atoms with E-state index in [0.29, 0.717) is 0 Å². The Balaban J connectivity index is 2.13. The van der Waals surface area contributed by atoms with E-state index in [1.54, 1.807) is 11.9 Å². The number of hydrogen-bond donors (Lipinski definition) is 1. The zero-order valence-corrected chi connectivity index (χ0v) is 11.1. The highest BCUT2D eigenvalue weighted by Gasteiger charge is 2.23. The van der Waals surface area contributed by atoms with E-state index < -0.39 is 5.69 Å². The predicted molar refractivity (Wildman–Crippen MR) is 70.0 cm³/mol. The van der Waals surface area contributed by atoms with Gasteiger partial charge in [-0.1, -0.05) is 0 Å². The van der Waals surface area contributed by atoms with E-state index in [4.69, 9.17) is 0 Å². The second-order valence-corrected chi connectivity index (χ2v) is 4.77. The lowest BCUT2D eigenvalue weighted by Gasteiger charge is -2.24. The summed E-state index contributed by atoms with van der Waals surface area (Å²) in [4.78, 5) is 36.8. The molecule has 19 heavy (non-hydrogen) atoms. The minimum Gasteiger partial charge on any atom is -0.340 e. The van der Waals surface area contributed by atoms with Crippen LogP contribution in [0.4, 0.5) is 0 Å². The third kappa shape index (κ3) is 2.76. The molecule has 104 valence electrons. The van der Waals surface area contributed by atoms with Crippen LogP contribution in [0.1, 0.15) is 6.42 Å². The van der Waals surface area contributed by atoms with E-state index >= 15 is 0 Å². The Kier molecular flexibility index (Phi) is 3.84. The molecule has 0 spiro atoms. The number of nitrogens with zero attached hydrogens (tertiary/aromatic N) is 3. The molecule has 2 heterocycles. The van der Waals surface area contributed by atoms with E-state index in [-0.39, 0.29) is 24.1 Å².